The van der Waals surface area contributed by atoms with Gasteiger partial charge in [0.15, 0.2) is 5.82 Å². The van der Waals surface area contributed by atoms with E-state index in [-0.39, 0.29) is 6.23 Å². The Bertz CT molecular complexity index is 482. The Morgan fingerprint density at radius 3 is 3.11 bits per heavy atom. The monoisotopic (exact) mass is 377 g/mol. The van der Waals surface area contributed by atoms with E-state index in [0.29, 0.717) is 16.7 Å². The summed E-state index contributed by atoms with van der Waals surface area (Å²) in [6.07, 6.45) is 4.70. The van der Waals surface area contributed by atoms with E-state index < -0.39 is 0 Å². The quantitative estimate of drug-likeness (QED) is 0.645. The first kappa shape index (κ1) is 13.8. The van der Waals surface area contributed by atoms with Gasteiger partial charge in [0.2, 0.25) is 0 Å². The molecule has 1 fully saturated rings. The SMILES string of the molecule is C=C=C(I)c1ncc(Cl)nc1NC1CCCCO1. The molecule has 1 saturated heterocycles. The number of ether oxygens (including phenoxy) is 1. The fourth-order valence-electron chi connectivity index (χ4n) is 1.72. The van der Waals surface area contributed by atoms with Crippen molar-refractivity contribution in [1.29, 1.82) is 0 Å². The normalized spacial score (nSPS) is 19.1. The number of anilines is 1. The standard InChI is InChI=1S/C12H13ClIN3O/c1-2-8(14)11-12(16-9(13)7-15-11)17-10-5-3-4-6-18-10/h7,10H,1,3-6H2,(H,16,17). The lowest BCUT2D eigenvalue weighted by Gasteiger charge is -2.24. The van der Waals surface area contributed by atoms with E-state index in [0.717, 1.165) is 29.4 Å². The predicted octanol–water partition coefficient (Wildman–Crippen LogP) is 3.63. The molecule has 1 aliphatic rings. The van der Waals surface area contributed by atoms with Gasteiger partial charge >= 0.3 is 0 Å². The molecule has 6 heteroatoms. The molecule has 1 aromatic rings. The number of hydrogen-bond acceptors (Lipinski definition) is 4. The summed E-state index contributed by atoms with van der Waals surface area (Å²) in [7, 11) is 0. The Kier molecular flexibility index (Phi) is 5.00. The predicted molar refractivity (Wildman–Crippen MR) is 80.8 cm³/mol. The van der Waals surface area contributed by atoms with Crippen LogP contribution in [0.5, 0.6) is 0 Å². The molecular weight excluding hydrogens is 365 g/mol. The molecule has 96 valence electrons. The van der Waals surface area contributed by atoms with Crippen LogP contribution in [-0.4, -0.2) is 22.8 Å². The van der Waals surface area contributed by atoms with Crippen molar-refractivity contribution in [1.82, 2.24) is 9.97 Å². The number of nitrogens with one attached hydrogen (secondary N) is 1. The van der Waals surface area contributed by atoms with Gasteiger partial charge in [-0.3, -0.25) is 0 Å². The summed E-state index contributed by atoms with van der Waals surface area (Å²) in [4.78, 5) is 8.51. The molecule has 1 aliphatic heterocycles. The zero-order valence-corrected chi connectivity index (χ0v) is 12.7. The molecule has 0 saturated carbocycles. The van der Waals surface area contributed by atoms with Gasteiger partial charge in [-0.25, -0.2) is 9.97 Å². The summed E-state index contributed by atoms with van der Waals surface area (Å²) in [5, 5.41) is 3.58. The van der Waals surface area contributed by atoms with Gasteiger partial charge in [-0.05, 0) is 41.9 Å². The molecule has 18 heavy (non-hydrogen) atoms. The molecule has 4 nitrogen and oxygen atoms in total. The topological polar surface area (TPSA) is 47.0 Å². The molecule has 0 radical (unpaired) electrons. The van der Waals surface area contributed by atoms with E-state index >= 15 is 0 Å². The number of rotatable bonds is 3. The van der Waals surface area contributed by atoms with Gasteiger partial charge in [0.1, 0.15) is 17.1 Å². The Morgan fingerprint density at radius 2 is 2.44 bits per heavy atom. The zero-order valence-electron chi connectivity index (χ0n) is 9.75. The molecule has 1 unspecified atom stereocenters. The maximum absolute atomic E-state index is 5.88. The number of halogens is 2. The summed E-state index contributed by atoms with van der Waals surface area (Å²) >= 11 is 8.00. The van der Waals surface area contributed by atoms with Crippen molar-refractivity contribution in [2.24, 2.45) is 0 Å². The molecule has 2 rings (SSSR count). The zero-order chi connectivity index (χ0) is 13.0. The van der Waals surface area contributed by atoms with E-state index in [2.05, 4.69) is 50.2 Å². The average Bonchev–Trinajstić information content (AvgIpc) is 2.39. The third kappa shape index (κ3) is 3.45. The van der Waals surface area contributed by atoms with Gasteiger partial charge in [-0.2, -0.15) is 0 Å². The lowest BCUT2D eigenvalue weighted by molar-refractivity contribution is 0.0340. The van der Waals surface area contributed by atoms with Gasteiger partial charge in [-0.15, -0.1) is 5.73 Å². The van der Waals surface area contributed by atoms with Crippen LogP contribution >= 0.6 is 34.2 Å². The highest BCUT2D eigenvalue weighted by Gasteiger charge is 2.17. The molecule has 0 aliphatic carbocycles. The van der Waals surface area contributed by atoms with E-state index in [1.165, 1.54) is 6.20 Å². The lowest BCUT2D eigenvalue weighted by Crippen LogP contribution is -2.28. The Labute approximate surface area is 125 Å². The smallest absolute Gasteiger partial charge is 0.157 e. The van der Waals surface area contributed by atoms with Crippen molar-refractivity contribution >= 4 is 43.6 Å². The van der Waals surface area contributed by atoms with Gasteiger partial charge in [0.05, 0.1) is 9.78 Å². The van der Waals surface area contributed by atoms with E-state index in [9.17, 15) is 0 Å². The summed E-state index contributed by atoms with van der Waals surface area (Å²) in [5.41, 5.74) is 3.50. The lowest BCUT2D eigenvalue weighted by atomic mass is 10.2. The van der Waals surface area contributed by atoms with Crippen LogP contribution in [0.4, 0.5) is 5.82 Å². The fraction of sp³-hybridized carbons (Fsp3) is 0.417. The number of hydrogen-bond donors (Lipinski definition) is 1. The van der Waals surface area contributed by atoms with Crippen molar-refractivity contribution < 1.29 is 4.74 Å². The minimum absolute atomic E-state index is 0.0284. The fourth-order valence-corrected chi connectivity index (χ4v) is 2.25. The second-order valence-electron chi connectivity index (χ2n) is 3.88. The Morgan fingerprint density at radius 1 is 1.61 bits per heavy atom. The van der Waals surface area contributed by atoms with Gasteiger partial charge < -0.3 is 10.1 Å². The van der Waals surface area contributed by atoms with Crippen molar-refractivity contribution in [3.8, 4) is 0 Å². The van der Waals surface area contributed by atoms with Crippen LogP contribution < -0.4 is 5.32 Å². The second kappa shape index (κ2) is 6.52. The number of aromatic nitrogens is 2. The summed E-state index contributed by atoms with van der Waals surface area (Å²) < 4.78 is 6.42. The molecule has 2 heterocycles. The van der Waals surface area contributed by atoms with Crippen LogP contribution in [0.2, 0.25) is 5.15 Å². The average molecular weight is 378 g/mol. The van der Waals surface area contributed by atoms with Crippen LogP contribution in [0.15, 0.2) is 18.5 Å². The summed E-state index contributed by atoms with van der Waals surface area (Å²) in [6.45, 7) is 4.39. The van der Waals surface area contributed by atoms with Crippen molar-refractivity contribution in [2.45, 2.75) is 25.5 Å². The maximum Gasteiger partial charge on any atom is 0.157 e. The summed E-state index contributed by atoms with van der Waals surface area (Å²) in [6, 6.07) is 0. The minimum Gasteiger partial charge on any atom is -0.359 e. The van der Waals surface area contributed by atoms with Crippen LogP contribution in [-0.2, 0) is 4.74 Å². The molecule has 0 aromatic carbocycles. The van der Waals surface area contributed by atoms with E-state index in [4.69, 9.17) is 16.3 Å². The first-order valence-corrected chi connectivity index (χ1v) is 7.13. The highest BCUT2D eigenvalue weighted by molar-refractivity contribution is 14.1. The number of nitrogens with zero attached hydrogens (tertiary/aromatic N) is 2. The van der Waals surface area contributed by atoms with E-state index in [1.807, 2.05) is 0 Å². The molecular formula is C12H13ClIN3O. The largest absolute Gasteiger partial charge is 0.359 e. The molecule has 1 atom stereocenters. The van der Waals surface area contributed by atoms with Crippen molar-refractivity contribution in [3.05, 3.63) is 29.4 Å². The first-order valence-electron chi connectivity index (χ1n) is 5.67. The van der Waals surface area contributed by atoms with Crippen LogP contribution in [0.1, 0.15) is 25.0 Å². The Hall–Kier alpha value is -0.620. The second-order valence-corrected chi connectivity index (χ2v) is 5.35. The molecule has 0 amide bonds. The molecule has 1 aromatic heterocycles. The molecule has 0 bridgehead atoms. The van der Waals surface area contributed by atoms with Crippen LogP contribution in [0.3, 0.4) is 0 Å². The third-order valence-electron chi connectivity index (χ3n) is 2.58. The third-order valence-corrected chi connectivity index (χ3v) is 3.66. The van der Waals surface area contributed by atoms with Crippen LogP contribution in [0.25, 0.3) is 3.58 Å². The minimum atomic E-state index is -0.0284. The summed E-state index contributed by atoms with van der Waals surface area (Å²) in [5.74, 6) is 0.620. The van der Waals surface area contributed by atoms with Gasteiger partial charge in [-0.1, -0.05) is 18.2 Å². The Balaban J connectivity index is 2.24. The highest BCUT2D eigenvalue weighted by Crippen LogP contribution is 2.27. The van der Waals surface area contributed by atoms with Crippen molar-refractivity contribution in [2.75, 3.05) is 11.9 Å². The van der Waals surface area contributed by atoms with Crippen LogP contribution in [0, 0.1) is 0 Å². The van der Waals surface area contributed by atoms with Gasteiger partial charge in [0, 0.05) is 6.61 Å². The van der Waals surface area contributed by atoms with E-state index in [1.54, 1.807) is 0 Å². The van der Waals surface area contributed by atoms with Crippen molar-refractivity contribution in [3.63, 3.8) is 0 Å². The maximum atomic E-state index is 5.88. The first-order chi connectivity index (χ1) is 8.70. The molecule has 0 spiro atoms. The van der Waals surface area contributed by atoms with Gasteiger partial charge in [0.25, 0.3) is 0 Å². The molecule has 1 N–H and O–H groups in total. The highest BCUT2D eigenvalue weighted by atomic mass is 127.